The maximum absolute atomic E-state index is 13.0. The van der Waals surface area contributed by atoms with Crippen LogP contribution in [-0.4, -0.2) is 142 Å². The Bertz CT molecular complexity index is 1270. The van der Waals surface area contributed by atoms with Gasteiger partial charge in [0.15, 0.2) is 12.6 Å². The second kappa shape index (κ2) is 44.7. The van der Waals surface area contributed by atoms with Gasteiger partial charge in [0.1, 0.15) is 54.9 Å². The van der Waals surface area contributed by atoms with E-state index in [9.17, 15) is 40.5 Å². The minimum atomic E-state index is -1.71. The van der Waals surface area contributed by atoms with Crippen LogP contribution >= 0.6 is 0 Å². The lowest BCUT2D eigenvalue weighted by molar-refractivity contribution is -0.332. The lowest BCUT2D eigenvalue weighted by Gasteiger charge is -2.42. The highest BCUT2D eigenvalue weighted by molar-refractivity contribution is 5.69. The SMILES string of the molecule is CCCC/C=C\CCCCCCCC(=O)OC(COCCCCCCCCCCCCCCCC/C=C\CCCCCCCCCC)COC1OC(COC2OC(CO)C(O)C(O)C2O)C(O)C(O)C1O. The first kappa shape index (κ1) is 65.6. The number of hydrogen-bond donors (Lipinski definition) is 7. The summed E-state index contributed by atoms with van der Waals surface area (Å²) in [5.74, 6) is -0.384. The minimum Gasteiger partial charge on any atom is -0.457 e. The molecule has 0 aliphatic carbocycles. The van der Waals surface area contributed by atoms with E-state index in [1.54, 1.807) is 0 Å². The zero-order valence-electron chi connectivity index (χ0n) is 44.7. The van der Waals surface area contributed by atoms with Crippen molar-refractivity contribution >= 4 is 5.97 Å². The van der Waals surface area contributed by atoms with Crippen molar-refractivity contribution < 1.29 is 69.0 Å². The third kappa shape index (κ3) is 31.8. The number of unbranched alkanes of at least 4 members (excludes halogenated alkanes) is 29. The van der Waals surface area contributed by atoms with Crippen molar-refractivity contribution in [3.05, 3.63) is 24.3 Å². The van der Waals surface area contributed by atoms with Crippen molar-refractivity contribution in [3.8, 4) is 0 Å². The van der Waals surface area contributed by atoms with E-state index in [0.29, 0.717) is 13.0 Å². The van der Waals surface area contributed by atoms with E-state index in [0.717, 1.165) is 57.8 Å². The number of aliphatic hydroxyl groups excluding tert-OH is 7. The molecule has 11 atom stereocenters. The molecule has 0 aromatic carbocycles. The highest BCUT2D eigenvalue weighted by Crippen LogP contribution is 2.27. The summed E-state index contributed by atoms with van der Waals surface area (Å²) in [7, 11) is 0. The molecule has 0 aromatic heterocycles. The lowest BCUT2D eigenvalue weighted by atomic mass is 9.98. The highest BCUT2D eigenvalue weighted by atomic mass is 16.7. The van der Waals surface area contributed by atoms with Crippen molar-refractivity contribution in [3.63, 3.8) is 0 Å². The molecule has 2 rings (SSSR count). The third-order valence-electron chi connectivity index (χ3n) is 13.9. The van der Waals surface area contributed by atoms with Gasteiger partial charge >= 0.3 is 5.97 Å². The number of rotatable bonds is 47. The first-order valence-corrected chi connectivity index (χ1v) is 28.9. The topological polar surface area (TPSA) is 214 Å². The Morgan fingerprint density at radius 1 is 0.451 bits per heavy atom. The fraction of sp³-hybridized carbons (Fsp3) is 0.912. The molecule has 14 heteroatoms. The summed E-state index contributed by atoms with van der Waals surface area (Å²) < 4.78 is 34.3. The molecule has 2 fully saturated rings. The van der Waals surface area contributed by atoms with Crippen LogP contribution in [0, 0.1) is 0 Å². The Kier molecular flexibility index (Phi) is 41.3. The van der Waals surface area contributed by atoms with Crippen LogP contribution in [0.25, 0.3) is 0 Å². The Morgan fingerprint density at radius 2 is 0.845 bits per heavy atom. The third-order valence-corrected chi connectivity index (χ3v) is 13.9. The van der Waals surface area contributed by atoms with E-state index < -0.39 is 80.7 Å². The summed E-state index contributed by atoms with van der Waals surface area (Å²) in [6, 6.07) is 0. The van der Waals surface area contributed by atoms with E-state index >= 15 is 0 Å². The predicted molar refractivity (Wildman–Crippen MR) is 280 cm³/mol. The fourth-order valence-corrected chi connectivity index (χ4v) is 9.20. The van der Waals surface area contributed by atoms with Gasteiger partial charge in [0.2, 0.25) is 0 Å². The molecule has 0 spiro atoms. The number of esters is 1. The summed E-state index contributed by atoms with van der Waals surface area (Å²) in [5.41, 5.74) is 0. The quantitative estimate of drug-likeness (QED) is 0.0172. The van der Waals surface area contributed by atoms with Gasteiger partial charge in [-0.1, -0.05) is 192 Å². The number of hydrogen-bond acceptors (Lipinski definition) is 14. The number of carbonyl (C=O) groups is 1. The van der Waals surface area contributed by atoms with Gasteiger partial charge in [0.25, 0.3) is 0 Å². The van der Waals surface area contributed by atoms with Crippen LogP contribution in [0.2, 0.25) is 0 Å². The van der Waals surface area contributed by atoms with Crippen molar-refractivity contribution in [1.29, 1.82) is 0 Å². The Balaban J connectivity index is 1.65. The van der Waals surface area contributed by atoms with E-state index in [2.05, 4.69) is 38.2 Å². The van der Waals surface area contributed by atoms with Crippen LogP contribution in [0.1, 0.15) is 232 Å². The molecule has 418 valence electrons. The zero-order chi connectivity index (χ0) is 51.6. The molecule has 0 bridgehead atoms. The van der Waals surface area contributed by atoms with Gasteiger partial charge in [-0.25, -0.2) is 0 Å². The van der Waals surface area contributed by atoms with Crippen LogP contribution < -0.4 is 0 Å². The van der Waals surface area contributed by atoms with E-state index in [4.69, 9.17) is 28.4 Å². The second-order valence-corrected chi connectivity index (χ2v) is 20.5. The molecule has 2 heterocycles. The summed E-state index contributed by atoms with van der Waals surface area (Å²) >= 11 is 0. The average molecular weight is 1020 g/mol. The largest absolute Gasteiger partial charge is 0.457 e. The normalized spacial score (nSPS) is 25.4. The first-order chi connectivity index (χ1) is 34.6. The van der Waals surface area contributed by atoms with Gasteiger partial charge < -0.3 is 64.2 Å². The van der Waals surface area contributed by atoms with E-state index in [1.165, 1.54) is 148 Å². The van der Waals surface area contributed by atoms with E-state index in [1.807, 2.05) is 0 Å². The highest BCUT2D eigenvalue weighted by Gasteiger charge is 2.47. The number of ether oxygens (including phenoxy) is 6. The van der Waals surface area contributed by atoms with Crippen molar-refractivity contribution in [2.75, 3.05) is 33.0 Å². The molecule has 0 saturated carbocycles. The first-order valence-electron chi connectivity index (χ1n) is 28.9. The van der Waals surface area contributed by atoms with Gasteiger partial charge in [0.05, 0.1) is 26.4 Å². The molecule has 0 aromatic rings. The molecule has 0 amide bonds. The minimum absolute atomic E-state index is 0.0614. The molecule has 7 N–H and O–H groups in total. The average Bonchev–Trinajstić information content (AvgIpc) is 3.37. The zero-order valence-corrected chi connectivity index (χ0v) is 44.7. The maximum Gasteiger partial charge on any atom is 0.306 e. The van der Waals surface area contributed by atoms with Gasteiger partial charge in [0, 0.05) is 13.0 Å². The van der Waals surface area contributed by atoms with Crippen LogP contribution in [0.15, 0.2) is 24.3 Å². The Morgan fingerprint density at radius 3 is 1.32 bits per heavy atom. The Labute approximate surface area is 430 Å². The summed E-state index contributed by atoms with van der Waals surface area (Å²) in [6.45, 7) is 3.67. The van der Waals surface area contributed by atoms with Gasteiger partial charge in [-0.05, 0) is 57.8 Å². The molecule has 14 nitrogen and oxygen atoms in total. The smallest absolute Gasteiger partial charge is 0.306 e. The molecule has 11 unspecified atom stereocenters. The fourth-order valence-electron chi connectivity index (χ4n) is 9.20. The summed E-state index contributed by atoms with van der Waals surface area (Å²) in [6.07, 6.45) is 34.1. The molecule has 71 heavy (non-hydrogen) atoms. The molecule has 2 aliphatic heterocycles. The van der Waals surface area contributed by atoms with E-state index in [-0.39, 0.29) is 25.6 Å². The number of aliphatic hydroxyl groups is 7. The molecular weight excluding hydrogens is 909 g/mol. The maximum atomic E-state index is 13.0. The van der Waals surface area contributed by atoms with Crippen LogP contribution in [-0.2, 0) is 33.2 Å². The predicted octanol–water partition coefficient (Wildman–Crippen LogP) is 9.97. The second-order valence-electron chi connectivity index (χ2n) is 20.5. The number of allylic oxidation sites excluding steroid dienone is 4. The van der Waals surface area contributed by atoms with Crippen LogP contribution in [0.5, 0.6) is 0 Å². The van der Waals surface area contributed by atoms with Crippen molar-refractivity contribution in [1.82, 2.24) is 0 Å². The monoisotopic (exact) mass is 1010 g/mol. The summed E-state index contributed by atoms with van der Waals surface area (Å²) in [5, 5.41) is 72.2. The van der Waals surface area contributed by atoms with Crippen molar-refractivity contribution in [2.24, 2.45) is 0 Å². The van der Waals surface area contributed by atoms with Gasteiger partial charge in [-0.3, -0.25) is 4.79 Å². The summed E-state index contributed by atoms with van der Waals surface area (Å²) in [4.78, 5) is 13.0. The van der Waals surface area contributed by atoms with Crippen LogP contribution in [0.4, 0.5) is 0 Å². The standard InChI is InChI=1S/C57H106O14/c1-3-5-7-9-11-13-15-16-17-18-19-20-21-22-23-24-25-26-27-28-29-31-33-35-37-39-41-66-43-46(69-49(59)40-38-36-34-32-30-14-12-10-8-6-4-2)44-67-56-55(65)53(63)51(61)48(71-56)45-68-57-54(64)52(62)50(60)47(42-58)70-57/h10,12,18-19,46-48,50-58,60-65H,3-9,11,13-17,20-45H2,1-2H3/b12-10-,19-18-. The van der Waals surface area contributed by atoms with Gasteiger partial charge in [-0.2, -0.15) is 0 Å². The molecule has 2 aliphatic rings. The van der Waals surface area contributed by atoms with Crippen molar-refractivity contribution in [2.45, 2.75) is 300 Å². The lowest BCUT2D eigenvalue weighted by Crippen LogP contribution is -2.61. The molecular formula is C57H106O14. The molecule has 0 radical (unpaired) electrons. The Hall–Kier alpha value is -1.53. The molecule has 2 saturated heterocycles. The number of carbonyl (C=O) groups excluding carboxylic acids is 1. The van der Waals surface area contributed by atoms with Crippen LogP contribution in [0.3, 0.4) is 0 Å². The van der Waals surface area contributed by atoms with Gasteiger partial charge in [-0.15, -0.1) is 0 Å².